The van der Waals surface area contributed by atoms with Crippen LogP contribution in [-0.2, 0) is 6.42 Å². The van der Waals surface area contributed by atoms with Crippen molar-refractivity contribution in [2.75, 3.05) is 13.1 Å². The van der Waals surface area contributed by atoms with Crippen LogP contribution in [0.2, 0.25) is 5.02 Å². The van der Waals surface area contributed by atoms with E-state index in [1.165, 1.54) is 12.0 Å². The second-order valence-electron chi connectivity index (χ2n) is 3.25. The summed E-state index contributed by atoms with van der Waals surface area (Å²) in [6.07, 6.45) is 2.22. The van der Waals surface area contributed by atoms with Crippen molar-refractivity contribution in [2.24, 2.45) is 0 Å². The van der Waals surface area contributed by atoms with Crippen LogP contribution in [0.25, 0.3) is 0 Å². The second-order valence-corrected chi connectivity index (χ2v) is 4.51. The molecule has 0 atom stereocenters. The van der Waals surface area contributed by atoms with E-state index in [9.17, 15) is 0 Å². The van der Waals surface area contributed by atoms with E-state index < -0.39 is 0 Å². The lowest BCUT2D eigenvalue weighted by Crippen LogP contribution is -2.17. The highest BCUT2D eigenvalue weighted by Crippen LogP contribution is 2.23. The molecular formula is C11H15BrClN. The molecule has 0 aliphatic heterocycles. The Morgan fingerprint density at radius 1 is 1.36 bits per heavy atom. The first-order valence-electron chi connectivity index (χ1n) is 4.88. The molecule has 78 valence electrons. The minimum absolute atomic E-state index is 0.790. The van der Waals surface area contributed by atoms with Gasteiger partial charge in [-0.25, -0.2) is 0 Å². The molecule has 0 bridgehead atoms. The van der Waals surface area contributed by atoms with E-state index >= 15 is 0 Å². The first-order chi connectivity index (χ1) is 6.74. The third-order valence-electron chi connectivity index (χ3n) is 2.00. The van der Waals surface area contributed by atoms with Gasteiger partial charge in [-0.3, -0.25) is 0 Å². The Labute approximate surface area is 99.0 Å². The smallest absolute Gasteiger partial charge is 0.0550 e. The van der Waals surface area contributed by atoms with Gasteiger partial charge in [0.15, 0.2) is 0 Å². The summed E-state index contributed by atoms with van der Waals surface area (Å²) in [5, 5.41) is 4.15. The van der Waals surface area contributed by atoms with Crippen molar-refractivity contribution in [3.05, 3.63) is 33.3 Å². The van der Waals surface area contributed by atoms with Gasteiger partial charge in [-0.2, -0.15) is 0 Å². The maximum Gasteiger partial charge on any atom is 0.0550 e. The third-order valence-corrected chi connectivity index (χ3v) is 3.23. The maximum absolute atomic E-state index is 5.99. The summed E-state index contributed by atoms with van der Waals surface area (Å²) in [6, 6.07) is 6.11. The van der Waals surface area contributed by atoms with Crippen LogP contribution in [0.3, 0.4) is 0 Å². The van der Waals surface area contributed by atoms with Gasteiger partial charge in [0.1, 0.15) is 0 Å². The Morgan fingerprint density at radius 3 is 2.79 bits per heavy atom. The Kier molecular flexibility index (Phi) is 5.53. The van der Waals surface area contributed by atoms with Crippen LogP contribution in [0.4, 0.5) is 0 Å². The molecule has 0 heterocycles. The van der Waals surface area contributed by atoms with Gasteiger partial charge in [-0.1, -0.05) is 24.6 Å². The minimum Gasteiger partial charge on any atom is -0.316 e. The first kappa shape index (κ1) is 12.0. The normalized spacial score (nSPS) is 10.5. The van der Waals surface area contributed by atoms with E-state index in [1.54, 1.807) is 0 Å². The van der Waals surface area contributed by atoms with Gasteiger partial charge in [0.2, 0.25) is 0 Å². The topological polar surface area (TPSA) is 12.0 Å². The molecule has 0 radical (unpaired) electrons. The molecule has 3 heteroatoms. The van der Waals surface area contributed by atoms with Crippen LogP contribution in [0, 0.1) is 0 Å². The Morgan fingerprint density at radius 2 is 2.14 bits per heavy atom. The zero-order valence-corrected chi connectivity index (χ0v) is 10.7. The molecule has 14 heavy (non-hydrogen) atoms. The molecule has 1 rings (SSSR count). The SMILES string of the molecule is CCCNCCc1ccc(Br)c(Cl)c1. The highest BCUT2D eigenvalue weighted by atomic mass is 79.9. The molecule has 1 aromatic rings. The van der Waals surface area contributed by atoms with Crippen LogP contribution in [0.1, 0.15) is 18.9 Å². The standard InChI is InChI=1S/C11H15BrClN/c1-2-6-14-7-5-9-3-4-10(12)11(13)8-9/h3-4,8,14H,2,5-7H2,1H3. The van der Waals surface area contributed by atoms with E-state index in [0.717, 1.165) is 29.0 Å². The molecule has 0 spiro atoms. The fourth-order valence-corrected chi connectivity index (χ4v) is 1.68. The van der Waals surface area contributed by atoms with Crippen molar-refractivity contribution >= 4 is 27.5 Å². The summed E-state index contributed by atoms with van der Waals surface area (Å²) < 4.78 is 0.962. The van der Waals surface area contributed by atoms with E-state index in [1.807, 2.05) is 12.1 Å². The lowest BCUT2D eigenvalue weighted by Gasteiger charge is -2.04. The van der Waals surface area contributed by atoms with Gasteiger partial charge in [0, 0.05) is 4.47 Å². The fourth-order valence-electron chi connectivity index (χ4n) is 1.23. The number of hydrogen-bond acceptors (Lipinski definition) is 1. The summed E-state index contributed by atoms with van der Waals surface area (Å²) in [4.78, 5) is 0. The number of hydrogen-bond donors (Lipinski definition) is 1. The Balaban J connectivity index is 2.39. The molecule has 0 amide bonds. The monoisotopic (exact) mass is 275 g/mol. The van der Waals surface area contributed by atoms with Crippen molar-refractivity contribution in [3.63, 3.8) is 0 Å². The van der Waals surface area contributed by atoms with Crippen LogP contribution >= 0.6 is 27.5 Å². The number of nitrogens with one attached hydrogen (secondary N) is 1. The number of rotatable bonds is 5. The van der Waals surface area contributed by atoms with Gasteiger partial charge < -0.3 is 5.32 Å². The van der Waals surface area contributed by atoms with Crippen molar-refractivity contribution in [3.8, 4) is 0 Å². The van der Waals surface area contributed by atoms with Crippen LogP contribution in [0.15, 0.2) is 22.7 Å². The first-order valence-corrected chi connectivity index (χ1v) is 6.05. The molecule has 1 aromatic carbocycles. The second kappa shape index (κ2) is 6.44. The van der Waals surface area contributed by atoms with Gasteiger partial charge >= 0.3 is 0 Å². The average molecular weight is 277 g/mol. The molecule has 0 fully saturated rings. The van der Waals surface area contributed by atoms with Crippen LogP contribution in [0.5, 0.6) is 0 Å². The van der Waals surface area contributed by atoms with Gasteiger partial charge in [0.05, 0.1) is 5.02 Å². The predicted octanol–water partition coefficient (Wildman–Crippen LogP) is 3.64. The van der Waals surface area contributed by atoms with Crippen molar-refractivity contribution < 1.29 is 0 Å². The van der Waals surface area contributed by atoms with E-state index in [0.29, 0.717) is 0 Å². The summed E-state index contributed by atoms with van der Waals surface area (Å²) in [7, 11) is 0. The van der Waals surface area contributed by atoms with Gasteiger partial charge in [0.25, 0.3) is 0 Å². The molecule has 0 unspecified atom stereocenters. The quantitative estimate of drug-likeness (QED) is 0.810. The largest absolute Gasteiger partial charge is 0.316 e. The summed E-state index contributed by atoms with van der Waals surface area (Å²) in [5.74, 6) is 0. The van der Waals surface area contributed by atoms with Gasteiger partial charge in [-0.15, -0.1) is 0 Å². The van der Waals surface area contributed by atoms with Crippen LogP contribution < -0.4 is 5.32 Å². The Bertz CT molecular complexity index is 289. The molecule has 0 aromatic heterocycles. The minimum atomic E-state index is 0.790. The van der Waals surface area contributed by atoms with Crippen molar-refractivity contribution in [1.82, 2.24) is 5.32 Å². The molecule has 0 aliphatic rings. The molecule has 1 N–H and O–H groups in total. The Hall–Kier alpha value is -0.0500. The summed E-state index contributed by atoms with van der Waals surface area (Å²) >= 11 is 9.36. The molecule has 0 aliphatic carbocycles. The molecule has 0 saturated heterocycles. The molecular weight excluding hydrogens is 261 g/mol. The highest BCUT2D eigenvalue weighted by molar-refractivity contribution is 9.10. The van der Waals surface area contributed by atoms with Gasteiger partial charge in [-0.05, 0) is 59.6 Å². The van der Waals surface area contributed by atoms with Crippen molar-refractivity contribution in [1.29, 1.82) is 0 Å². The zero-order chi connectivity index (χ0) is 10.4. The molecule has 0 saturated carbocycles. The average Bonchev–Trinajstić information content (AvgIpc) is 2.18. The molecule has 1 nitrogen and oxygen atoms in total. The maximum atomic E-state index is 5.99. The number of benzene rings is 1. The lowest BCUT2D eigenvalue weighted by atomic mass is 10.1. The lowest BCUT2D eigenvalue weighted by molar-refractivity contribution is 0.671. The van der Waals surface area contributed by atoms with E-state index in [4.69, 9.17) is 11.6 Å². The van der Waals surface area contributed by atoms with E-state index in [2.05, 4.69) is 34.2 Å². The van der Waals surface area contributed by atoms with Crippen LogP contribution in [-0.4, -0.2) is 13.1 Å². The summed E-state index contributed by atoms with van der Waals surface area (Å²) in [6.45, 7) is 4.28. The third kappa shape index (κ3) is 3.99. The van der Waals surface area contributed by atoms with E-state index in [-0.39, 0.29) is 0 Å². The zero-order valence-electron chi connectivity index (χ0n) is 8.32. The highest BCUT2D eigenvalue weighted by Gasteiger charge is 1.98. The fraction of sp³-hybridized carbons (Fsp3) is 0.455. The van der Waals surface area contributed by atoms with Crippen molar-refractivity contribution in [2.45, 2.75) is 19.8 Å². The predicted molar refractivity (Wildman–Crippen MR) is 66.0 cm³/mol. The summed E-state index contributed by atoms with van der Waals surface area (Å²) in [5.41, 5.74) is 1.28. The number of halogens is 2.